The van der Waals surface area contributed by atoms with Gasteiger partial charge in [-0.25, -0.2) is 0 Å². The molecule has 4 N–H and O–H groups in total. The van der Waals surface area contributed by atoms with Crippen LogP contribution in [0.3, 0.4) is 0 Å². The van der Waals surface area contributed by atoms with Gasteiger partial charge in [-0.3, -0.25) is 9.59 Å². The van der Waals surface area contributed by atoms with Gasteiger partial charge < -0.3 is 15.4 Å². The fourth-order valence-electron chi connectivity index (χ4n) is 1.41. The quantitative estimate of drug-likeness (QED) is 0.647. The van der Waals surface area contributed by atoms with Gasteiger partial charge in [-0.05, 0) is 6.42 Å². The topological polar surface area (TPSA) is 109 Å². The van der Waals surface area contributed by atoms with Crippen LogP contribution >= 0.6 is 0 Å². The van der Waals surface area contributed by atoms with Crippen LogP contribution in [-0.4, -0.2) is 22.3 Å². The number of unbranched alkanes of at least 4 members (excludes halogenated alkanes) is 1. The Hall–Kier alpha value is -1.56. The summed E-state index contributed by atoms with van der Waals surface area (Å²) in [6.07, 6.45) is 2.48. The first kappa shape index (κ1) is 12.5. The predicted molar refractivity (Wildman–Crippen MR) is 57.3 cm³/mol. The Morgan fingerprint density at radius 2 is 2.31 bits per heavy atom. The first-order valence-electron chi connectivity index (χ1n) is 5.23. The van der Waals surface area contributed by atoms with Crippen LogP contribution in [0.1, 0.15) is 31.1 Å². The lowest BCUT2D eigenvalue weighted by atomic mass is 10.0. The average Bonchev–Trinajstić information content (AvgIpc) is 2.57. The van der Waals surface area contributed by atoms with E-state index >= 15 is 0 Å². The highest BCUT2D eigenvalue weighted by Crippen LogP contribution is 2.09. The lowest BCUT2D eigenvalue weighted by molar-refractivity contribution is -0.138. The molecule has 1 aromatic heterocycles. The number of aromatic nitrogens is 1. The van der Waals surface area contributed by atoms with Crippen LogP contribution < -0.4 is 11.3 Å². The van der Waals surface area contributed by atoms with Crippen molar-refractivity contribution in [1.82, 2.24) is 5.16 Å². The van der Waals surface area contributed by atoms with Crippen LogP contribution in [0.2, 0.25) is 0 Å². The molecule has 0 aromatic carbocycles. The highest BCUT2D eigenvalue weighted by Gasteiger charge is 2.19. The molecule has 0 amide bonds. The first-order chi connectivity index (χ1) is 7.56. The maximum absolute atomic E-state index is 11.4. The summed E-state index contributed by atoms with van der Waals surface area (Å²) in [5.41, 5.74) is 5.34. The second-order valence-corrected chi connectivity index (χ2v) is 3.69. The zero-order valence-corrected chi connectivity index (χ0v) is 9.16. The average molecular weight is 228 g/mol. The molecule has 6 heteroatoms. The zero-order valence-electron chi connectivity index (χ0n) is 9.16. The van der Waals surface area contributed by atoms with Crippen LogP contribution in [0.5, 0.6) is 0 Å². The molecule has 1 aromatic rings. The van der Waals surface area contributed by atoms with Crippen molar-refractivity contribution in [2.45, 2.75) is 38.6 Å². The molecular formula is C10H16N2O4. The van der Waals surface area contributed by atoms with E-state index in [0.717, 1.165) is 12.8 Å². The van der Waals surface area contributed by atoms with Crippen molar-refractivity contribution >= 4 is 5.97 Å². The molecule has 0 radical (unpaired) electrons. The minimum absolute atomic E-state index is 0.000213. The summed E-state index contributed by atoms with van der Waals surface area (Å²) in [6, 6.07) is -1.07. The number of carboxylic acids is 1. The highest BCUT2D eigenvalue weighted by atomic mass is 16.5. The van der Waals surface area contributed by atoms with E-state index in [9.17, 15) is 9.59 Å². The van der Waals surface area contributed by atoms with Gasteiger partial charge in [0.1, 0.15) is 11.8 Å². The van der Waals surface area contributed by atoms with Crippen molar-refractivity contribution in [3.05, 3.63) is 21.7 Å². The van der Waals surface area contributed by atoms with Crippen molar-refractivity contribution in [1.29, 1.82) is 0 Å². The number of carboxylic acid groups (broad SMARTS) is 1. The van der Waals surface area contributed by atoms with Crippen molar-refractivity contribution in [3.8, 4) is 0 Å². The SMILES string of the molecule is CCCCc1o[nH]c(=O)c1CC(N)C(=O)O. The number of hydrogen-bond donors (Lipinski definition) is 3. The molecule has 0 aliphatic heterocycles. The summed E-state index contributed by atoms with van der Waals surface area (Å²) in [5, 5.41) is 10.9. The Bertz CT molecular complexity index is 407. The maximum Gasteiger partial charge on any atom is 0.320 e. The number of nitrogens with two attached hydrogens (primary N) is 1. The lowest BCUT2D eigenvalue weighted by Gasteiger charge is -2.04. The van der Waals surface area contributed by atoms with Gasteiger partial charge in [-0.1, -0.05) is 13.3 Å². The van der Waals surface area contributed by atoms with E-state index in [-0.39, 0.29) is 12.0 Å². The largest absolute Gasteiger partial charge is 0.480 e. The monoisotopic (exact) mass is 228 g/mol. The molecule has 0 saturated carbocycles. The van der Waals surface area contributed by atoms with Crippen LogP contribution in [-0.2, 0) is 17.6 Å². The number of nitrogens with one attached hydrogen (secondary N) is 1. The fraction of sp³-hybridized carbons (Fsp3) is 0.600. The van der Waals surface area contributed by atoms with E-state index < -0.39 is 12.0 Å². The second-order valence-electron chi connectivity index (χ2n) is 3.69. The normalized spacial score (nSPS) is 12.6. The Balaban J connectivity index is 2.81. The van der Waals surface area contributed by atoms with Crippen molar-refractivity contribution in [3.63, 3.8) is 0 Å². The fourth-order valence-corrected chi connectivity index (χ4v) is 1.41. The van der Waals surface area contributed by atoms with Crippen LogP contribution in [0.4, 0.5) is 0 Å². The lowest BCUT2D eigenvalue weighted by Crippen LogP contribution is -2.34. The molecule has 1 atom stereocenters. The smallest absolute Gasteiger partial charge is 0.320 e. The molecule has 1 heterocycles. The van der Waals surface area contributed by atoms with Gasteiger partial charge in [0.15, 0.2) is 0 Å². The Morgan fingerprint density at radius 3 is 2.88 bits per heavy atom. The summed E-state index contributed by atoms with van der Waals surface area (Å²) >= 11 is 0. The molecule has 16 heavy (non-hydrogen) atoms. The number of hydrogen-bond acceptors (Lipinski definition) is 4. The number of aryl methyl sites for hydroxylation is 1. The third-order valence-electron chi connectivity index (χ3n) is 2.38. The van der Waals surface area contributed by atoms with E-state index in [1.54, 1.807) is 0 Å². The molecule has 0 aliphatic rings. The molecule has 0 bridgehead atoms. The van der Waals surface area contributed by atoms with E-state index in [0.29, 0.717) is 17.7 Å². The number of H-pyrrole nitrogens is 1. The van der Waals surface area contributed by atoms with Crippen molar-refractivity contribution in [2.75, 3.05) is 0 Å². The van der Waals surface area contributed by atoms with Crippen LogP contribution in [0, 0.1) is 0 Å². The molecular weight excluding hydrogens is 212 g/mol. The summed E-state index contributed by atoms with van der Waals surface area (Å²) in [4.78, 5) is 22.0. The van der Waals surface area contributed by atoms with Crippen molar-refractivity contribution < 1.29 is 14.4 Å². The molecule has 0 saturated heterocycles. The van der Waals surface area contributed by atoms with Gasteiger partial charge in [0.25, 0.3) is 5.56 Å². The van der Waals surface area contributed by atoms with Gasteiger partial charge in [-0.15, -0.1) is 0 Å². The van der Waals surface area contributed by atoms with Crippen LogP contribution in [0.15, 0.2) is 9.32 Å². The molecule has 1 unspecified atom stereocenters. The summed E-state index contributed by atoms with van der Waals surface area (Å²) in [5.74, 6) is -0.606. The predicted octanol–water partition coefficient (Wildman–Crippen LogP) is 0.265. The number of aliphatic carboxylic acids is 1. The molecule has 1 rings (SSSR count). The van der Waals surface area contributed by atoms with Gasteiger partial charge >= 0.3 is 5.97 Å². The standard InChI is InChI=1S/C10H16N2O4/c1-2-3-4-8-6(9(13)12-16-8)5-7(11)10(14)15/h7H,2-5,11H2,1H3,(H,12,13)(H,14,15). The molecule has 0 fully saturated rings. The third-order valence-corrected chi connectivity index (χ3v) is 2.38. The number of carbonyl (C=O) groups is 1. The van der Waals surface area contributed by atoms with E-state index in [2.05, 4.69) is 5.16 Å². The third kappa shape index (κ3) is 2.96. The van der Waals surface area contributed by atoms with Gasteiger partial charge in [0.2, 0.25) is 0 Å². The number of rotatable bonds is 6. The maximum atomic E-state index is 11.4. The summed E-state index contributed by atoms with van der Waals surface area (Å²) in [7, 11) is 0. The Morgan fingerprint density at radius 1 is 1.62 bits per heavy atom. The minimum Gasteiger partial charge on any atom is -0.480 e. The van der Waals surface area contributed by atoms with E-state index in [1.807, 2.05) is 6.92 Å². The Labute approximate surface area is 92.4 Å². The highest BCUT2D eigenvalue weighted by molar-refractivity contribution is 5.73. The van der Waals surface area contributed by atoms with E-state index in [4.69, 9.17) is 15.4 Å². The molecule has 0 spiro atoms. The summed E-state index contributed by atoms with van der Waals surface area (Å²) < 4.78 is 4.99. The van der Waals surface area contributed by atoms with Gasteiger partial charge in [-0.2, -0.15) is 5.16 Å². The van der Waals surface area contributed by atoms with Crippen molar-refractivity contribution in [2.24, 2.45) is 5.73 Å². The molecule has 0 aliphatic carbocycles. The minimum atomic E-state index is -1.12. The first-order valence-corrected chi connectivity index (χ1v) is 5.23. The molecule has 6 nitrogen and oxygen atoms in total. The van der Waals surface area contributed by atoms with Gasteiger partial charge in [0, 0.05) is 12.8 Å². The number of aromatic amines is 1. The van der Waals surface area contributed by atoms with E-state index in [1.165, 1.54) is 0 Å². The second kappa shape index (κ2) is 5.50. The Kier molecular flexibility index (Phi) is 4.30. The molecule has 90 valence electrons. The van der Waals surface area contributed by atoms with Gasteiger partial charge in [0.05, 0.1) is 5.56 Å². The summed E-state index contributed by atoms with van der Waals surface area (Å²) in [6.45, 7) is 2.02. The zero-order chi connectivity index (χ0) is 12.1. The van der Waals surface area contributed by atoms with Crippen LogP contribution in [0.25, 0.3) is 0 Å².